The van der Waals surface area contributed by atoms with Gasteiger partial charge in [0.2, 0.25) is 0 Å². The first-order chi connectivity index (χ1) is 9.41. The molecule has 0 aromatic heterocycles. The highest BCUT2D eigenvalue weighted by Gasteiger charge is 2.46. The lowest BCUT2D eigenvalue weighted by Crippen LogP contribution is -2.60. The summed E-state index contributed by atoms with van der Waals surface area (Å²) in [6.45, 7) is 11.4. The first-order valence-electron chi connectivity index (χ1n) is 8.35. The number of nitrogens with zero attached hydrogens (tertiary/aromatic N) is 1. The Morgan fingerprint density at radius 2 is 1.85 bits per heavy atom. The molecular weight excluding hydrogens is 248 g/mol. The fourth-order valence-electron chi connectivity index (χ4n) is 5.03. The molecule has 1 saturated heterocycles. The Hall–Kier alpha value is -0.120. The standard InChI is InChI=1S/C17H34N2O/c1-14-9-16(2,3)12-17(10-14,13-18)19-7-5-15(6-8-19)11-20-4/h14-15H,5-13,18H2,1-4H3. The molecule has 0 aromatic rings. The van der Waals surface area contributed by atoms with E-state index in [2.05, 4.69) is 25.7 Å². The van der Waals surface area contributed by atoms with Crippen LogP contribution in [0.3, 0.4) is 0 Å². The van der Waals surface area contributed by atoms with Crippen LogP contribution in [0, 0.1) is 17.3 Å². The highest BCUT2D eigenvalue weighted by atomic mass is 16.5. The number of nitrogens with two attached hydrogens (primary N) is 1. The van der Waals surface area contributed by atoms with E-state index in [-0.39, 0.29) is 5.54 Å². The maximum absolute atomic E-state index is 6.28. The van der Waals surface area contributed by atoms with Gasteiger partial charge in [-0.2, -0.15) is 0 Å². The summed E-state index contributed by atoms with van der Waals surface area (Å²) in [5.41, 5.74) is 6.96. The summed E-state index contributed by atoms with van der Waals surface area (Å²) in [5.74, 6) is 1.54. The first-order valence-corrected chi connectivity index (χ1v) is 8.35. The van der Waals surface area contributed by atoms with Crippen molar-refractivity contribution in [1.82, 2.24) is 4.90 Å². The summed E-state index contributed by atoms with van der Waals surface area (Å²) < 4.78 is 5.32. The number of rotatable bonds is 4. The van der Waals surface area contributed by atoms with E-state index >= 15 is 0 Å². The zero-order chi connectivity index (χ0) is 14.8. The van der Waals surface area contributed by atoms with Gasteiger partial charge in [0.05, 0.1) is 0 Å². The Balaban J connectivity index is 2.04. The van der Waals surface area contributed by atoms with Crippen LogP contribution in [0.2, 0.25) is 0 Å². The van der Waals surface area contributed by atoms with E-state index in [0.717, 1.165) is 25.0 Å². The summed E-state index contributed by atoms with van der Waals surface area (Å²) >= 11 is 0. The zero-order valence-electron chi connectivity index (χ0n) is 14.0. The summed E-state index contributed by atoms with van der Waals surface area (Å²) in [5, 5.41) is 0. The van der Waals surface area contributed by atoms with Crippen LogP contribution in [0.5, 0.6) is 0 Å². The van der Waals surface area contributed by atoms with Gasteiger partial charge in [-0.05, 0) is 62.4 Å². The van der Waals surface area contributed by atoms with Crippen molar-refractivity contribution in [3.8, 4) is 0 Å². The van der Waals surface area contributed by atoms with Crippen molar-refractivity contribution < 1.29 is 4.74 Å². The third-order valence-corrected chi connectivity index (χ3v) is 5.50. The number of hydrogen-bond acceptors (Lipinski definition) is 3. The van der Waals surface area contributed by atoms with Crippen LogP contribution in [0.15, 0.2) is 0 Å². The van der Waals surface area contributed by atoms with Gasteiger partial charge in [0, 0.05) is 25.8 Å². The second-order valence-electron chi connectivity index (χ2n) is 8.17. The van der Waals surface area contributed by atoms with Gasteiger partial charge >= 0.3 is 0 Å². The molecule has 2 atom stereocenters. The van der Waals surface area contributed by atoms with Crippen LogP contribution >= 0.6 is 0 Å². The summed E-state index contributed by atoms with van der Waals surface area (Å²) in [6.07, 6.45) is 6.42. The maximum atomic E-state index is 6.28. The van der Waals surface area contributed by atoms with Gasteiger partial charge in [-0.25, -0.2) is 0 Å². The van der Waals surface area contributed by atoms with Crippen LogP contribution in [0.4, 0.5) is 0 Å². The van der Waals surface area contributed by atoms with Crippen LogP contribution in [-0.4, -0.2) is 43.8 Å². The second-order valence-corrected chi connectivity index (χ2v) is 8.17. The Morgan fingerprint density at radius 1 is 1.20 bits per heavy atom. The predicted molar refractivity (Wildman–Crippen MR) is 84.8 cm³/mol. The Morgan fingerprint density at radius 3 is 2.35 bits per heavy atom. The summed E-state index contributed by atoms with van der Waals surface area (Å²) in [6, 6.07) is 0. The van der Waals surface area contributed by atoms with E-state index in [0.29, 0.717) is 5.41 Å². The van der Waals surface area contributed by atoms with E-state index in [4.69, 9.17) is 10.5 Å². The lowest BCUT2D eigenvalue weighted by atomic mass is 9.63. The van der Waals surface area contributed by atoms with Gasteiger partial charge in [0.15, 0.2) is 0 Å². The molecule has 1 aliphatic heterocycles. The molecule has 1 heterocycles. The van der Waals surface area contributed by atoms with Crippen molar-refractivity contribution in [3.05, 3.63) is 0 Å². The molecule has 2 aliphatic rings. The number of methoxy groups -OCH3 is 1. The van der Waals surface area contributed by atoms with Gasteiger partial charge in [-0.15, -0.1) is 0 Å². The molecule has 2 rings (SSSR count). The molecule has 20 heavy (non-hydrogen) atoms. The normalized spacial score (nSPS) is 36.1. The molecule has 0 amide bonds. The molecule has 3 heteroatoms. The van der Waals surface area contributed by atoms with Gasteiger partial charge in [0.1, 0.15) is 0 Å². The van der Waals surface area contributed by atoms with Crippen LogP contribution in [-0.2, 0) is 4.74 Å². The summed E-state index contributed by atoms with van der Waals surface area (Å²) in [4.78, 5) is 2.72. The van der Waals surface area contributed by atoms with Crippen molar-refractivity contribution in [2.24, 2.45) is 23.0 Å². The highest BCUT2D eigenvalue weighted by Crippen LogP contribution is 2.47. The average molecular weight is 282 g/mol. The monoisotopic (exact) mass is 282 g/mol. The van der Waals surface area contributed by atoms with Crippen LogP contribution in [0.1, 0.15) is 52.9 Å². The summed E-state index contributed by atoms with van der Waals surface area (Å²) in [7, 11) is 1.82. The van der Waals surface area contributed by atoms with Gasteiger partial charge < -0.3 is 10.5 Å². The lowest BCUT2D eigenvalue weighted by molar-refractivity contribution is -0.0343. The highest BCUT2D eigenvalue weighted by molar-refractivity contribution is 5.02. The molecule has 0 bridgehead atoms. The molecule has 118 valence electrons. The maximum Gasteiger partial charge on any atom is 0.0491 e. The zero-order valence-corrected chi connectivity index (χ0v) is 14.0. The predicted octanol–water partition coefficient (Wildman–Crippen LogP) is 2.89. The van der Waals surface area contributed by atoms with Crippen molar-refractivity contribution in [3.63, 3.8) is 0 Å². The molecule has 1 aliphatic carbocycles. The van der Waals surface area contributed by atoms with E-state index in [9.17, 15) is 0 Å². The number of piperidine rings is 1. The number of likely N-dealkylation sites (tertiary alicyclic amines) is 1. The fourth-order valence-corrected chi connectivity index (χ4v) is 5.03. The lowest BCUT2D eigenvalue weighted by Gasteiger charge is -2.54. The molecule has 2 N–H and O–H groups in total. The van der Waals surface area contributed by atoms with Crippen LogP contribution < -0.4 is 5.73 Å². The Kier molecular flexibility index (Phi) is 5.14. The molecule has 2 unspecified atom stereocenters. The topological polar surface area (TPSA) is 38.5 Å². The molecule has 1 saturated carbocycles. The number of ether oxygens (including phenoxy) is 1. The van der Waals surface area contributed by atoms with Crippen molar-refractivity contribution in [2.75, 3.05) is 33.4 Å². The van der Waals surface area contributed by atoms with Gasteiger partial charge in [0.25, 0.3) is 0 Å². The molecule has 2 fully saturated rings. The van der Waals surface area contributed by atoms with E-state index < -0.39 is 0 Å². The molecule has 3 nitrogen and oxygen atoms in total. The third kappa shape index (κ3) is 3.55. The molecule has 0 aromatic carbocycles. The molecule has 0 radical (unpaired) electrons. The molecular formula is C17H34N2O. The second kappa shape index (κ2) is 6.33. The number of hydrogen-bond donors (Lipinski definition) is 1. The minimum absolute atomic E-state index is 0.249. The largest absolute Gasteiger partial charge is 0.384 e. The van der Waals surface area contributed by atoms with Gasteiger partial charge in [-0.1, -0.05) is 20.8 Å². The third-order valence-electron chi connectivity index (χ3n) is 5.50. The van der Waals surface area contributed by atoms with E-state index in [1.165, 1.54) is 45.2 Å². The Bertz CT molecular complexity index is 310. The minimum atomic E-state index is 0.249. The Labute approximate surface area is 125 Å². The fraction of sp³-hybridized carbons (Fsp3) is 1.00. The average Bonchev–Trinajstić information content (AvgIpc) is 2.37. The van der Waals surface area contributed by atoms with E-state index in [1.807, 2.05) is 7.11 Å². The van der Waals surface area contributed by atoms with Crippen molar-refractivity contribution >= 4 is 0 Å². The van der Waals surface area contributed by atoms with Crippen LogP contribution in [0.25, 0.3) is 0 Å². The van der Waals surface area contributed by atoms with Crippen molar-refractivity contribution in [1.29, 1.82) is 0 Å². The van der Waals surface area contributed by atoms with Gasteiger partial charge in [-0.3, -0.25) is 4.90 Å². The smallest absolute Gasteiger partial charge is 0.0491 e. The quantitative estimate of drug-likeness (QED) is 0.861. The van der Waals surface area contributed by atoms with E-state index in [1.54, 1.807) is 0 Å². The SMILES string of the molecule is COCC1CCN(C2(CN)CC(C)CC(C)(C)C2)CC1. The van der Waals surface area contributed by atoms with Crippen molar-refractivity contribution in [2.45, 2.75) is 58.4 Å². The molecule has 0 spiro atoms. The minimum Gasteiger partial charge on any atom is -0.384 e. The first kappa shape index (κ1) is 16.3.